The summed E-state index contributed by atoms with van der Waals surface area (Å²) in [5.74, 6) is -3.99. The third kappa shape index (κ3) is 4.11. The van der Waals surface area contributed by atoms with Crippen LogP contribution in [-0.4, -0.2) is 79.6 Å². The minimum Gasteiger partial charge on any atom is -0.481 e. The average Bonchev–Trinajstić information content (AvgIpc) is 3.43. The molecule has 8 atom stereocenters. The Morgan fingerprint density at radius 3 is 2.63 bits per heavy atom. The van der Waals surface area contributed by atoms with E-state index in [-0.39, 0.29) is 29.8 Å². The number of aliphatic hydroxyl groups excluding tert-OH is 1. The molecule has 8 nitrogen and oxygen atoms in total. The van der Waals surface area contributed by atoms with Crippen molar-refractivity contribution in [3.8, 4) is 0 Å². The number of nitrogens with zero attached hydrogens (tertiary/aromatic N) is 2. The van der Waals surface area contributed by atoms with Crippen molar-refractivity contribution in [3.05, 3.63) is 48.6 Å². The topological polar surface area (TPSA) is 107 Å². The number of amides is 2. The maximum atomic E-state index is 14.3. The number of hydrogen-bond acceptors (Lipinski definition) is 5. The van der Waals surface area contributed by atoms with Crippen LogP contribution in [-0.2, 0) is 25.7 Å². The highest BCUT2D eigenvalue weighted by Crippen LogP contribution is 2.60. The zero-order valence-corrected chi connectivity index (χ0v) is 21.6. The zero-order chi connectivity index (χ0) is 25.5. The first-order valence-corrected chi connectivity index (χ1v) is 13.0. The van der Waals surface area contributed by atoms with E-state index in [1.54, 1.807) is 11.0 Å². The Morgan fingerprint density at radius 1 is 1.37 bits per heavy atom. The number of likely N-dealkylation sites (tertiary alicyclic amines) is 1. The molecule has 0 saturated carbocycles. The summed E-state index contributed by atoms with van der Waals surface area (Å²) in [7, 11) is 0. The van der Waals surface area contributed by atoms with Gasteiger partial charge < -0.3 is 24.7 Å². The number of halogens is 1. The van der Waals surface area contributed by atoms with E-state index in [2.05, 4.69) is 22.5 Å². The highest BCUT2D eigenvalue weighted by molar-refractivity contribution is 9.09. The molecule has 35 heavy (non-hydrogen) atoms. The molecule has 0 aliphatic carbocycles. The normalized spacial score (nSPS) is 32.9. The molecule has 1 aromatic rings. The molecular weight excluding hydrogens is 516 g/mol. The molecule has 190 valence electrons. The third-order valence-electron chi connectivity index (χ3n) is 7.97. The second-order valence-corrected chi connectivity index (χ2v) is 11.1. The van der Waals surface area contributed by atoms with Gasteiger partial charge in [0.15, 0.2) is 0 Å². The van der Waals surface area contributed by atoms with E-state index in [1.807, 2.05) is 44.2 Å². The Hall–Kier alpha value is -2.23. The van der Waals surface area contributed by atoms with Crippen LogP contribution in [0.15, 0.2) is 43.0 Å². The lowest BCUT2D eigenvalue weighted by Gasteiger charge is -2.41. The standard InChI is InChI=1S/C26H33BrN2O6/c1-4-11-28(13-16-9-7-6-8-10-16)24(32)22-26-12-17(27)21(35-26)19(25(33)34)20(26)23(31)29(22)18(14-30)15(3)5-2/h4,6-10,15,17-22,30H,1,5,11-14H2,2-3H3,(H,33,34)/t15-,17?,18-,19-,20-,21-,22?,26?/m0/s1. The minimum absolute atomic E-state index is 0.100. The maximum Gasteiger partial charge on any atom is 0.310 e. The van der Waals surface area contributed by atoms with E-state index in [9.17, 15) is 24.6 Å². The van der Waals surface area contributed by atoms with Crippen LogP contribution in [0.5, 0.6) is 0 Å². The summed E-state index contributed by atoms with van der Waals surface area (Å²) < 4.78 is 6.35. The van der Waals surface area contributed by atoms with Crippen LogP contribution in [0.2, 0.25) is 0 Å². The molecule has 2 N–H and O–H groups in total. The molecule has 2 amide bonds. The SMILES string of the molecule is C=CCN(Cc1ccccc1)C(=O)C1N([C@@H](CO)[C@@H](C)CC)C(=O)[C@@H]2[C@H](C(=O)O)[C@H]3OC12CC3Br. The van der Waals surface area contributed by atoms with Crippen LogP contribution in [0.1, 0.15) is 32.3 Å². The molecule has 3 aliphatic rings. The number of carboxylic acid groups (broad SMARTS) is 1. The van der Waals surface area contributed by atoms with Crippen molar-refractivity contribution in [2.24, 2.45) is 17.8 Å². The van der Waals surface area contributed by atoms with Crippen molar-refractivity contribution in [3.63, 3.8) is 0 Å². The largest absolute Gasteiger partial charge is 0.481 e. The van der Waals surface area contributed by atoms with Crippen molar-refractivity contribution in [1.82, 2.24) is 9.80 Å². The molecule has 3 aliphatic heterocycles. The first-order valence-electron chi connectivity index (χ1n) is 12.1. The summed E-state index contributed by atoms with van der Waals surface area (Å²) in [5, 5.41) is 20.4. The van der Waals surface area contributed by atoms with Crippen LogP contribution < -0.4 is 0 Å². The van der Waals surface area contributed by atoms with Crippen LogP contribution >= 0.6 is 15.9 Å². The van der Waals surface area contributed by atoms with Gasteiger partial charge in [0, 0.05) is 17.9 Å². The summed E-state index contributed by atoms with van der Waals surface area (Å²) in [6, 6.07) is 7.86. The Morgan fingerprint density at radius 2 is 2.06 bits per heavy atom. The average molecular weight is 549 g/mol. The van der Waals surface area contributed by atoms with Crippen molar-refractivity contribution in [1.29, 1.82) is 0 Å². The van der Waals surface area contributed by atoms with Crippen molar-refractivity contribution in [2.75, 3.05) is 13.2 Å². The Labute approximate surface area is 214 Å². The van der Waals surface area contributed by atoms with Gasteiger partial charge in [0.25, 0.3) is 0 Å². The second-order valence-electron chi connectivity index (χ2n) is 9.88. The van der Waals surface area contributed by atoms with E-state index in [4.69, 9.17) is 4.74 Å². The van der Waals surface area contributed by atoms with E-state index >= 15 is 0 Å². The quantitative estimate of drug-likeness (QED) is 0.343. The van der Waals surface area contributed by atoms with E-state index in [0.717, 1.165) is 5.56 Å². The third-order valence-corrected chi connectivity index (χ3v) is 8.81. The number of aliphatic hydroxyl groups is 1. The summed E-state index contributed by atoms with van der Waals surface area (Å²) in [4.78, 5) is 43.3. The fourth-order valence-corrected chi connectivity index (χ4v) is 7.11. The Balaban J connectivity index is 1.81. The summed E-state index contributed by atoms with van der Waals surface area (Å²) in [6.07, 6.45) is 1.96. The molecule has 1 aromatic carbocycles. The molecule has 2 bridgehead atoms. The molecule has 0 radical (unpaired) electrons. The molecule has 9 heteroatoms. The van der Waals surface area contributed by atoms with E-state index in [0.29, 0.717) is 19.4 Å². The van der Waals surface area contributed by atoms with Crippen LogP contribution in [0.25, 0.3) is 0 Å². The number of ether oxygens (including phenoxy) is 1. The van der Waals surface area contributed by atoms with Gasteiger partial charge >= 0.3 is 5.97 Å². The predicted octanol–water partition coefficient (Wildman–Crippen LogP) is 2.44. The molecule has 3 saturated heterocycles. The number of hydrogen-bond donors (Lipinski definition) is 2. The van der Waals surface area contributed by atoms with Gasteiger partial charge in [-0.2, -0.15) is 0 Å². The van der Waals surface area contributed by atoms with Gasteiger partial charge in [0.1, 0.15) is 11.6 Å². The molecule has 3 unspecified atom stereocenters. The van der Waals surface area contributed by atoms with E-state index < -0.39 is 47.5 Å². The lowest BCUT2D eigenvalue weighted by atomic mass is 9.70. The number of benzene rings is 1. The van der Waals surface area contributed by atoms with E-state index in [1.165, 1.54) is 4.90 Å². The Bertz CT molecular complexity index is 989. The number of carboxylic acids is 1. The molecule has 0 aromatic heterocycles. The fraction of sp³-hybridized carbons (Fsp3) is 0.577. The monoisotopic (exact) mass is 548 g/mol. The fourth-order valence-electron chi connectivity index (χ4n) is 6.17. The minimum atomic E-state index is -1.27. The van der Waals surface area contributed by atoms with Crippen molar-refractivity contribution in [2.45, 2.75) is 61.8 Å². The van der Waals surface area contributed by atoms with Gasteiger partial charge in [0.05, 0.1) is 30.6 Å². The van der Waals surface area contributed by atoms with Gasteiger partial charge in [0.2, 0.25) is 11.8 Å². The molecule has 1 spiro atoms. The highest BCUT2D eigenvalue weighted by Gasteiger charge is 2.77. The molecular formula is C26H33BrN2O6. The first-order chi connectivity index (χ1) is 16.7. The van der Waals surface area contributed by atoms with Crippen molar-refractivity contribution < 1.29 is 29.3 Å². The van der Waals surface area contributed by atoms with Gasteiger partial charge in [-0.25, -0.2) is 0 Å². The molecule has 4 rings (SSSR count). The van der Waals surface area contributed by atoms with Gasteiger partial charge in [-0.3, -0.25) is 14.4 Å². The van der Waals surface area contributed by atoms with Gasteiger partial charge in [-0.15, -0.1) is 6.58 Å². The Kier molecular flexibility index (Phi) is 7.41. The lowest BCUT2D eigenvalue weighted by Crippen LogP contribution is -2.59. The van der Waals surface area contributed by atoms with Crippen LogP contribution in [0, 0.1) is 17.8 Å². The summed E-state index contributed by atoms with van der Waals surface area (Å²) >= 11 is 3.56. The number of aliphatic carboxylic acids is 1. The lowest BCUT2D eigenvalue weighted by molar-refractivity contribution is -0.154. The second kappa shape index (κ2) is 10.0. The predicted molar refractivity (Wildman–Crippen MR) is 133 cm³/mol. The van der Waals surface area contributed by atoms with Gasteiger partial charge in [-0.1, -0.05) is 72.6 Å². The maximum absolute atomic E-state index is 14.3. The first kappa shape index (κ1) is 25.9. The number of carbonyl (C=O) groups is 3. The van der Waals surface area contributed by atoms with Crippen LogP contribution in [0.4, 0.5) is 0 Å². The summed E-state index contributed by atoms with van der Waals surface area (Å²) in [5.41, 5.74) is -0.348. The zero-order valence-electron chi connectivity index (χ0n) is 20.0. The molecule has 3 fully saturated rings. The smallest absolute Gasteiger partial charge is 0.310 e. The number of fused-ring (bicyclic) bond motifs is 1. The molecule has 3 heterocycles. The number of rotatable bonds is 10. The summed E-state index contributed by atoms with van der Waals surface area (Å²) in [6.45, 7) is 7.92. The number of alkyl halides is 1. The van der Waals surface area contributed by atoms with Gasteiger partial charge in [-0.05, 0) is 17.9 Å². The van der Waals surface area contributed by atoms with Crippen LogP contribution in [0.3, 0.4) is 0 Å². The highest BCUT2D eigenvalue weighted by atomic mass is 79.9. The number of carbonyl (C=O) groups excluding carboxylic acids is 2. The van der Waals surface area contributed by atoms with Crippen molar-refractivity contribution >= 4 is 33.7 Å².